The molecule has 1 amide bonds. The maximum atomic E-state index is 12.4. The summed E-state index contributed by atoms with van der Waals surface area (Å²) in [5.41, 5.74) is 2.22. The van der Waals surface area contributed by atoms with Crippen LogP contribution in [-0.2, 0) is 17.6 Å². The zero-order valence-electron chi connectivity index (χ0n) is 15.0. The first-order valence-corrected chi connectivity index (χ1v) is 8.79. The Hall–Kier alpha value is -2.96. The molecule has 2 heterocycles. The Bertz CT molecular complexity index is 945. The number of nitrogens with one attached hydrogen (secondary N) is 2. The van der Waals surface area contributed by atoms with Gasteiger partial charge in [-0.05, 0) is 38.7 Å². The molecule has 1 aromatic carbocycles. The minimum atomic E-state index is -0.199. The Balaban J connectivity index is 1.53. The van der Waals surface area contributed by atoms with Gasteiger partial charge in [-0.1, -0.05) is 30.3 Å². The molecular formula is C19H23N5O2. The second-order valence-corrected chi connectivity index (χ2v) is 6.50. The average Bonchev–Trinajstić information content (AvgIpc) is 3.09. The third kappa shape index (κ3) is 4.17. The molecule has 0 saturated carbocycles. The van der Waals surface area contributed by atoms with E-state index in [-0.39, 0.29) is 23.9 Å². The Kier molecular flexibility index (Phi) is 5.46. The van der Waals surface area contributed by atoms with Crippen LogP contribution < -0.4 is 10.9 Å². The van der Waals surface area contributed by atoms with Crippen molar-refractivity contribution in [3.63, 3.8) is 0 Å². The third-order valence-corrected chi connectivity index (χ3v) is 4.45. The van der Waals surface area contributed by atoms with Crippen LogP contribution in [0.5, 0.6) is 0 Å². The van der Waals surface area contributed by atoms with Crippen LogP contribution in [0.2, 0.25) is 0 Å². The molecule has 0 aliphatic carbocycles. The fourth-order valence-electron chi connectivity index (χ4n) is 2.97. The number of aromatic nitrogens is 4. The molecule has 0 radical (unpaired) electrons. The van der Waals surface area contributed by atoms with E-state index in [9.17, 15) is 9.59 Å². The molecule has 0 bridgehead atoms. The van der Waals surface area contributed by atoms with Gasteiger partial charge in [-0.3, -0.25) is 14.7 Å². The number of nitrogens with zero attached hydrogens (tertiary/aromatic N) is 3. The third-order valence-electron chi connectivity index (χ3n) is 4.45. The second-order valence-electron chi connectivity index (χ2n) is 6.50. The second kappa shape index (κ2) is 7.95. The van der Waals surface area contributed by atoms with Gasteiger partial charge in [0.15, 0.2) is 0 Å². The van der Waals surface area contributed by atoms with E-state index in [0.29, 0.717) is 23.5 Å². The van der Waals surface area contributed by atoms with E-state index >= 15 is 0 Å². The van der Waals surface area contributed by atoms with E-state index in [1.807, 2.05) is 25.1 Å². The van der Waals surface area contributed by atoms with Gasteiger partial charge in [0.2, 0.25) is 5.91 Å². The molecular weight excluding hydrogens is 330 g/mol. The Morgan fingerprint density at radius 1 is 1.27 bits per heavy atom. The summed E-state index contributed by atoms with van der Waals surface area (Å²) in [5, 5.41) is 5.74. The highest BCUT2D eigenvalue weighted by Crippen LogP contribution is 2.07. The summed E-state index contributed by atoms with van der Waals surface area (Å²) >= 11 is 0. The average molecular weight is 353 g/mol. The van der Waals surface area contributed by atoms with Gasteiger partial charge >= 0.3 is 0 Å². The fourth-order valence-corrected chi connectivity index (χ4v) is 2.97. The highest BCUT2D eigenvalue weighted by molar-refractivity contribution is 5.76. The molecule has 0 unspecified atom stereocenters. The molecule has 0 aliphatic rings. The zero-order chi connectivity index (χ0) is 18.5. The molecule has 1 atom stereocenters. The van der Waals surface area contributed by atoms with Gasteiger partial charge < -0.3 is 5.32 Å². The van der Waals surface area contributed by atoms with Gasteiger partial charge in [0.25, 0.3) is 11.3 Å². The van der Waals surface area contributed by atoms with E-state index in [1.165, 1.54) is 16.4 Å². The van der Waals surface area contributed by atoms with Gasteiger partial charge in [0, 0.05) is 18.0 Å². The molecule has 0 fully saturated rings. The smallest absolute Gasteiger partial charge is 0.277 e. The standard InChI is InChI=1S/C19H23N5O2/c1-13(8-9-15-6-4-3-5-7-15)22-17(25)11-10-16-14(2)23-19-20-12-21-24(19)18(16)26/h3-7,12-13H,8-11H2,1-2H3,(H,22,25)(H,20,21,23)/t13-/m1/s1. The highest BCUT2D eigenvalue weighted by atomic mass is 16.1. The number of aryl methyl sites for hydroxylation is 2. The van der Waals surface area contributed by atoms with Gasteiger partial charge in [-0.15, -0.1) is 0 Å². The lowest BCUT2D eigenvalue weighted by Gasteiger charge is -2.14. The van der Waals surface area contributed by atoms with Crippen molar-refractivity contribution >= 4 is 11.7 Å². The quantitative estimate of drug-likeness (QED) is 0.677. The lowest BCUT2D eigenvalue weighted by Crippen LogP contribution is -2.33. The maximum Gasteiger partial charge on any atom is 0.277 e. The van der Waals surface area contributed by atoms with E-state index < -0.39 is 0 Å². The van der Waals surface area contributed by atoms with Crippen LogP contribution in [0.4, 0.5) is 0 Å². The number of aromatic amines is 1. The lowest BCUT2D eigenvalue weighted by molar-refractivity contribution is -0.121. The number of fused-ring (bicyclic) bond motifs is 1. The molecule has 7 heteroatoms. The number of carbonyl (C=O) groups is 1. The van der Waals surface area contributed by atoms with Crippen LogP contribution in [-0.4, -0.2) is 31.5 Å². The molecule has 136 valence electrons. The fraction of sp³-hybridized carbons (Fsp3) is 0.368. The molecule has 0 saturated heterocycles. The topological polar surface area (TPSA) is 92.2 Å². The van der Waals surface area contributed by atoms with E-state index in [4.69, 9.17) is 0 Å². The normalized spacial score (nSPS) is 12.2. The first-order chi connectivity index (χ1) is 12.5. The van der Waals surface area contributed by atoms with Gasteiger partial charge in [0.05, 0.1) is 5.69 Å². The summed E-state index contributed by atoms with van der Waals surface area (Å²) in [7, 11) is 0. The number of hydrogen-bond acceptors (Lipinski definition) is 4. The molecule has 7 nitrogen and oxygen atoms in total. The molecule has 2 N–H and O–H groups in total. The lowest BCUT2D eigenvalue weighted by atomic mass is 10.1. The maximum absolute atomic E-state index is 12.4. The summed E-state index contributed by atoms with van der Waals surface area (Å²) in [6, 6.07) is 10.3. The number of carbonyl (C=O) groups excluding carboxylic acids is 1. The first-order valence-electron chi connectivity index (χ1n) is 8.79. The molecule has 0 spiro atoms. The van der Waals surface area contributed by atoms with Crippen LogP contribution in [0.15, 0.2) is 41.5 Å². The summed E-state index contributed by atoms with van der Waals surface area (Å²) < 4.78 is 1.29. The van der Waals surface area contributed by atoms with Crippen molar-refractivity contribution in [2.75, 3.05) is 0 Å². The van der Waals surface area contributed by atoms with Crippen LogP contribution in [0.25, 0.3) is 5.78 Å². The minimum absolute atomic E-state index is 0.0564. The van der Waals surface area contributed by atoms with Crippen molar-refractivity contribution in [2.45, 2.75) is 45.6 Å². The molecule has 0 aliphatic heterocycles. The Labute approximate surface area is 151 Å². The summed E-state index contributed by atoms with van der Waals surface area (Å²) in [6.07, 6.45) is 3.83. The van der Waals surface area contributed by atoms with E-state index in [1.54, 1.807) is 6.92 Å². The highest BCUT2D eigenvalue weighted by Gasteiger charge is 2.14. The summed E-state index contributed by atoms with van der Waals surface area (Å²) in [6.45, 7) is 3.77. The molecule has 3 aromatic rings. The summed E-state index contributed by atoms with van der Waals surface area (Å²) in [5.74, 6) is 0.286. The van der Waals surface area contributed by atoms with E-state index in [2.05, 4.69) is 32.5 Å². The predicted octanol–water partition coefficient (Wildman–Crippen LogP) is 1.80. The van der Waals surface area contributed by atoms with Crippen molar-refractivity contribution in [1.82, 2.24) is 24.9 Å². The molecule has 2 aromatic heterocycles. The molecule has 26 heavy (non-hydrogen) atoms. The van der Waals surface area contributed by atoms with Crippen LogP contribution in [0.1, 0.15) is 36.6 Å². The van der Waals surface area contributed by atoms with Gasteiger partial charge in [-0.25, -0.2) is 9.97 Å². The number of rotatable bonds is 7. The number of hydrogen-bond donors (Lipinski definition) is 2. The first kappa shape index (κ1) is 17.8. The van der Waals surface area contributed by atoms with E-state index in [0.717, 1.165) is 12.8 Å². The Morgan fingerprint density at radius 2 is 2.04 bits per heavy atom. The van der Waals surface area contributed by atoms with Crippen LogP contribution in [0, 0.1) is 6.92 Å². The Morgan fingerprint density at radius 3 is 2.81 bits per heavy atom. The predicted molar refractivity (Wildman–Crippen MR) is 99.0 cm³/mol. The largest absolute Gasteiger partial charge is 0.354 e. The van der Waals surface area contributed by atoms with Crippen molar-refractivity contribution in [1.29, 1.82) is 0 Å². The van der Waals surface area contributed by atoms with Crippen LogP contribution in [0.3, 0.4) is 0 Å². The van der Waals surface area contributed by atoms with Crippen molar-refractivity contribution < 1.29 is 4.79 Å². The summed E-state index contributed by atoms with van der Waals surface area (Å²) in [4.78, 5) is 32.9. The number of amides is 1. The van der Waals surface area contributed by atoms with Gasteiger partial charge in [-0.2, -0.15) is 4.52 Å². The SMILES string of the molecule is Cc1nc2nc[nH]n2c(=O)c1CCC(=O)N[C@H](C)CCc1ccccc1. The van der Waals surface area contributed by atoms with Crippen molar-refractivity contribution in [3.05, 3.63) is 63.8 Å². The molecule has 3 rings (SSSR count). The monoisotopic (exact) mass is 353 g/mol. The van der Waals surface area contributed by atoms with Crippen molar-refractivity contribution in [2.24, 2.45) is 0 Å². The van der Waals surface area contributed by atoms with Gasteiger partial charge in [0.1, 0.15) is 6.33 Å². The number of H-pyrrole nitrogens is 1. The number of benzene rings is 1. The zero-order valence-corrected chi connectivity index (χ0v) is 15.0. The van der Waals surface area contributed by atoms with Crippen LogP contribution >= 0.6 is 0 Å². The minimum Gasteiger partial charge on any atom is -0.354 e. The van der Waals surface area contributed by atoms with Crippen molar-refractivity contribution in [3.8, 4) is 0 Å².